The van der Waals surface area contributed by atoms with Gasteiger partial charge in [0.15, 0.2) is 0 Å². The second-order valence-electron chi connectivity index (χ2n) is 14.9. The van der Waals surface area contributed by atoms with Crippen molar-refractivity contribution in [1.29, 1.82) is 0 Å². The van der Waals surface area contributed by atoms with E-state index in [0.717, 1.165) is 11.4 Å². The summed E-state index contributed by atoms with van der Waals surface area (Å²) in [6, 6.07) is 74.3. The number of fused-ring (bicyclic) bond motifs is 10. The minimum Gasteiger partial charge on any atom is -0.311 e. The number of hydrogen-bond donors (Lipinski definition) is 0. The lowest BCUT2D eigenvalue weighted by atomic mass is 9.33. The minimum absolute atomic E-state index is 0.00601. The fourth-order valence-electron chi connectivity index (χ4n) is 9.49. The first-order valence-electron chi connectivity index (χ1n) is 19.1. The lowest BCUT2D eigenvalue weighted by Gasteiger charge is -2.45. The summed E-state index contributed by atoms with van der Waals surface area (Å²) in [6.45, 7) is 0.00601. The third-order valence-corrected chi connectivity index (χ3v) is 11.9. The zero-order valence-electron chi connectivity index (χ0n) is 30.0. The van der Waals surface area contributed by atoms with Crippen molar-refractivity contribution >= 4 is 100 Å². The maximum absolute atomic E-state index is 2.55. The Balaban J connectivity index is 1.27. The van der Waals surface area contributed by atoms with Crippen molar-refractivity contribution in [1.82, 2.24) is 0 Å². The third-order valence-electron chi connectivity index (χ3n) is 11.9. The van der Waals surface area contributed by atoms with Gasteiger partial charge in [-0.25, -0.2) is 0 Å². The number of nitrogens with zero attached hydrogens (tertiary/aromatic N) is 2. The van der Waals surface area contributed by atoms with Crippen molar-refractivity contribution in [2.75, 3.05) is 9.80 Å². The highest BCUT2D eigenvalue weighted by molar-refractivity contribution is 7.00. The molecule has 2 nitrogen and oxygen atoms in total. The predicted octanol–water partition coefficient (Wildman–Crippen LogP) is 12.0. The fraction of sp³-hybridized carbons (Fsp3) is 0. The van der Waals surface area contributed by atoms with E-state index in [-0.39, 0.29) is 6.71 Å². The van der Waals surface area contributed by atoms with Gasteiger partial charge in [0, 0.05) is 44.9 Å². The maximum Gasteiger partial charge on any atom is 0.252 e. The molecule has 12 rings (SSSR count). The van der Waals surface area contributed by atoms with Crippen molar-refractivity contribution in [3.63, 3.8) is 0 Å². The van der Waals surface area contributed by atoms with Gasteiger partial charge in [0.2, 0.25) is 0 Å². The van der Waals surface area contributed by atoms with Crippen molar-refractivity contribution in [2.24, 2.45) is 0 Å². The average Bonchev–Trinajstić information content (AvgIpc) is 3.25. The molecule has 10 aromatic rings. The van der Waals surface area contributed by atoms with Crippen molar-refractivity contribution in [3.8, 4) is 11.1 Å². The van der Waals surface area contributed by atoms with Crippen molar-refractivity contribution in [3.05, 3.63) is 200 Å². The van der Waals surface area contributed by atoms with Crippen LogP contribution in [0.4, 0.5) is 34.1 Å². The first kappa shape index (κ1) is 30.4. The van der Waals surface area contributed by atoms with Gasteiger partial charge in [-0.15, -0.1) is 0 Å². The molecular formula is C52H33BN2. The molecule has 0 bridgehead atoms. The van der Waals surface area contributed by atoms with Crippen LogP contribution in [0.5, 0.6) is 0 Å². The quantitative estimate of drug-likeness (QED) is 0.134. The van der Waals surface area contributed by atoms with E-state index in [9.17, 15) is 0 Å². The van der Waals surface area contributed by atoms with Gasteiger partial charge in [0.25, 0.3) is 6.71 Å². The lowest BCUT2D eigenvalue weighted by molar-refractivity contribution is 1.27. The molecule has 0 spiro atoms. The van der Waals surface area contributed by atoms with Gasteiger partial charge in [0.05, 0.1) is 0 Å². The van der Waals surface area contributed by atoms with Crippen LogP contribution in [0.15, 0.2) is 200 Å². The van der Waals surface area contributed by atoms with Gasteiger partial charge in [-0.05, 0) is 120 Å². The highest BCUT2D eigenvalue weighted by Gasteiger charge is 2.44. The Morgan fingerprint density at radius 3 is 1.16 bits per heavy atom. The zero-order valence-corrected chi connectivity index (χ0v) is 30.0. The fourth-order valence-corrected chi connectivity index (χ4v) is 9.49. The number of anilines is 6. The summed E-state index contributed by atoms with van der Waals surface area (Å²) < 4.78 is 0. The number of para-hydroxylation sites is 2. The molecule has 0 amide bonds. The second kappa shape index (κ2) is 11.7. The first-order valence-corrected chi connectivity index (χ1v) is 19.1. The van der Waals surface area contributed by atoms with E-state index in [1.807, 2.05) is 0 Å². The second-order valence-corrected chi connectivity index (χ2v) is 14.9. The Labute approximate surface area is 320 Å². The predicted molar refractivity (Wildman–Crippen MR) is 236 cm³/mol. The molecule has 0 saturated carbocycles. The van der Waals surface area contributed by atoms with Crippen LogP contribution in [0.3, 0.4) is 0 Å². The van der Waals surface area contributed by atoms with Gasteiger partial charge in [-0.1, -0.05) is 140 Å². The van der Waals surface area contributed by atoms with E-state index in [4.69, 9.17) is 0 Å². The Hall–Kier alpha value is -7.10. The van der Waals surface area contributed by atoms with Crippen LogP contribution in [0, 0.1) is 0 Å². The molecule has 0 N–H and O–H groups in total. The van der Waals surface area contributed by atoms with Crippen LogP contribution in [-0.2, 0) is 0 Å². The van der Waals surface area contributed by atoms with E-state index in [2.05, 4.69) is 210 Å². The number of rotatable bonds is 3. The Morgan fingerprint density at radius 2 is 0.709 bits per heavy atom. The molecule has 254 valence electrons. The van der Waals surface area contributed by atoms with Gasteiger partial charge in [-0.3, -0.25) is 0 Å². The monoisotopic (exact) mass is 696 g/mol. The molecule has 0 radical (unpaired) electrons. The van der Waals surface area contributed by atoms with E-state index >= 15 is 0 Å². The van der Waals surface area contributed by atoms with Crippen LogP contribution >= 0.6 is 0 Å². The zero-order chi connectivity index (χ0) is 36.0. The molecule has 2 aliphatic heterocycles. The summed E-state index contributed by atoms with van der Waals surface area (Å²) in [7, 11) is 0. The first-order chi connectivity index (χ1) is 27.3. The van der Waals surface area contributed by atoms with Gasteiger partial charge in [0.1, 0.15) is 0 Å². The molecule has 10 aromatic carbocycles. The SMILES string of the molecule is c1ccc(-c2cc3c4c(c2)N(c2ccccc2)c2c(ccc5cc6ccccc6cc25)B4c2ccc4cc5ccccc5cc4c2N3c2ccccc2)cc1. The molecule has 0 saturated heterocycles. The van der Waals surface area contributed by atoms with E-state index in [0.29, 0.717) is 0 Å². The molecule has 0 atom stereocenters. The van der Waals surface area contributed by atoms with Crippen LogP contribution in [-0.4, -0.2) is 6.71 Å². The lowest BCUT2D eigenvalue weighted by Crippen LogP contribution is -2.61. The van der Waals surface area contributed by atoms with Crippen LogP contribution in [0.2, 0.25) is 0 Å². The van der Waals surface area contributed by atoms with E-state index < -0.39 is 0 Å². The van der Waals surface area contributed by atoms with Crippen LogP contribution in [0.25, 0.3) is 54.2 Å². The number of benzene rings is 10. The molecular weight excluding hydrogens is 663 g/mol. The maximum atomic E-state index is 2.55. The molecule has 0 aromatic heterocycles. The van der Waals surface area contributed by atoms with Crippen LogP contribution < -0.4 is 26.2 Å². The summed E-state index contributed by atoms with van der Waals surface area (Å²) in [5.41, 5.74) is 13.6. The normalized spacial score (nSPS) is 13.0. The summed E-state index contributed by atoms with van der Waals surface area (Å²) in [6.07, 6.45) is 0. The minimum atomic E-state index is 0.00601. The van der Waals surface area contributed by atoms with E-state index in [1.54, 1.807) is 0 Å². The Bertz CT molecular complexity index is 2970. The van der Waals surface area contributed by atoms with Crippen LogP contribution in [0.1, 0.15) is 0 Å². The summed E-state index contributed by atoms with van der Waals surface area (Å²) in [5.74, 6) is 0. The van der Waals surface area contributed by atoms with Crippen molar-refractivity contribution in [2.45, 2.75) is 0 Å². The summed E-state index contributed by atoms with van der Waals surface area (Å²) in [4.78, 5) is 5.11. The molecule has 2 heterocycles. The number of hydrogen-bond acceptors (Lipinski definition) is 2. The standard InChI is InChI=1S/C52H33BN2/c1-4-14-34(15-5-1)41-32-48-50-49(33-41)55(43-22-8-3-9-23-43)52-45-31-38-19-13-11-17-36(38)29-40(45)25-27-47(52)53(50)46-26-24-39-28-35-16-10-12-18-37(35)30-44(39)51(46)54(48)42-20-6-2-7-21-42/h1-33H. The summed E-state index contributed by atoms with van der Waals surface area (Å²) in [5, 5.41) is 10.0. The molecule has 3 heteroatoms. The highest BCUT2D eigenvalue weighted by Crippen LogP contribution is 2.49. The molecule has 0 aliphatic carbocycles. The van der Waals surface area contributed by atoms with E-state index in [1.165, 1.54) is 93.4 Å². The Morgan fingerprint density at radius 1 is 0.309 bits per heavy atom. The average molecular weight is 697 g/mol. The Kier molecular flexibility index (Phi) is 6.46. The van der Waals surface area contributed by atoms with Gasteiger partial charge < -0.3 is 9.80 Å². The summed E-state index contributed by atoms with van der Waals surface area (Å²) >= 11 is 0. The van der Waals surface area contributed by atoms with Gasteiger partial charge in [-0.2, -0.15) is 0 Å². The smallest absolute Gasteiger partial charge is 0.252 e. The molecule has 55 heavy (non-hydrogen) atoms. The topological polar surface area (TPSA) is 6.48 Å². The van der Waals surface area contributed by atoms with Crippen molar-refractivity contribution < 1.29 is 0 Å². The van der Waals surface area contributed by atoms with Gasteiger partial charge >= 0.3 is 0 Å². The third kappa shape index (κ3) is 4.50. The molecule has 0 unspecified atom stereocenters. The highest BCUT2D eigenvalue weighted by atomic mass is 15.2. The molecule has 2 aliphatic rings. The molecule has 0 fully saturated rings. The largest absolute Gasteiger partial charge is 0.311 e.